The maximum atomic E-state index is 6.99. The van der Waals surface area contributed by atoms with Crippen molar-refractivity contribution in [1.82, 2.24) is 0 Å². The van der Waals surface area contributed by atoms with E-state index in [0.29, 0.717) is 23.7 Å². The lowest BCUT2D eigenvalue weighted by molar-refractivity contribution is 0.663. The van der Waals surface area contributed by atoms with E-state index >= 15 is 0 Å². The first-order valence-corrected chi connectivity index (χ1v) is 25.3. The zero-order chi connectivity index (χ0) is 48.9. The number of rotatable bonds is 10. The lowest BCUT2D eigenvalue weighted by Gasteiger charge is -2.32. The highest BCUT2D eigenvalue weighted by atomic mass is 16.3. The Balaban J connectivity index is 1.05. The Bertz CT molecular complexity index is 3820. The van der Waals surface area contributed by atoms with E-state index in [1.165, 1.54) is 72.6 Å². The van der Waals surface area contributed by atoms with Gasteiger partial charge in [-0.2, -0.15) is 0 Å². The van der Waals surface area contributed by atoms with Crippen molar-refractivity contribution in [3.63, 3.8) is 0 Å². The van der Waals surface area contributed by atoms with E-state index in [2.05, 4.69) is 238 Å². The van der Waals surface area contributed by atoms with E-state index in [0.717, 1.165) is 71.4 Å². The van der Waals surface area contributed by atoms with Crippen molar-refractivity contribution in [1.29, 1.82) is 0 Å². The van der Waals surface area contributed by atoms with Crippen LogP contribution in [0.1, 0.15) is 124 Å². The second-order valence-electron chi connectivity index (χ2n) is 21.2. The molecule has 0 aliphatic carbocycles. The Morgan fingerprint density at radius 3 is 1.27 bits per heavy atom. The van der Waals surface area contributed by atoms with Gasteiger partial charge in [-0.25, -0.2) is 0 Å². The summed E-state index contributed by atoms with van der Waals surface area (Å²) >= 11 is 0. The minimum absolute atomic E-state index is 0.344. The molecule has 4 nitrogen and oxygen atoms in total. The van der Waals surface area contributed by atoms with Gasteiger partial charge in [-0.1, -0.05) is 128 Å². The van der Waals surface area contributed by atoms with Gasteiger partial charge in [-0.15, -0.1) is 0 Å². The van der Waals surface area contributed by atoms with E-state index in [1.54, 1.807) is 0 Å². The molecule has 2 aromatic heterocycles. The van der Waals surface area contributed by atoms with Gasteiger partial charge >= 0.3 is 0 Å². The Hall–Kier alpha value is -7.30. The van der Waals surface area contributed by atoms with E-state index in [9.17, 15) is 0 Å². The molecule has 9 aromatic carbocycles. The molecule has 0 spiro atoms. The number of para-hydroxylation sites is 2. The van der Waals surface area contributed by atoms with Crippen LogP contribution in [0.25, 0.3) is 65.4 Å². The molecule has 0 saturated heterocycles. The molecule has 0 atom stereocenters. The maximum absolute atomic E-state index is 6.99. The SMILES string of the molecule is Cc1cccc(C)c1N(c1ccc2cc3c(cc2c1)oc1c3ccc2oc3cc4cc(N(c5ccc(C(C)C)cc5C(C)C)c5c(C)cccc5C)ccc4cc3c21)c1ccc(C(C)C)cc1C(C)C. The van der Waals surface area contributed by atoms with E-state index < -0.39 is 0 Å². The highest BCUT2D eigenvalue weighted by Gasteiger charge is 2.25. The second kappa shape index (κ2) is 17.3. The molecule has 0 radical (unpaired) electrons. The molecule has 0 aliphatic heterocycles. The molecule has 0 bridgehead atoms. The van der Waals surface area contributed by atoms with Crippen LogP contribution in [0.15, 0.2) is 154 Å². The summed E-state index contributed by atoms with van der Waals surface area (Å²) in [4.78, 5) is 4.96. The van der Waals surface area contributed by atoms with Gasteiger partial charge in [0.25, 0.3) is 0 Å². The topological polar surface area (TPSA) is 32.8 Å². The zero-order valence-corrected chi connectivity index (χ0v) is 42.9. The van der Waals surface area contributed by atoms with Gasteiger partial charge in [-0.05, 0) is 190 Å². The van der Waals surface area contributed by atoms with Crippen LogP contribution in [0.4, 0.5) is 34.1 Å². The third kappa shape index (κ3) is 7.51. The van der Waals surface area contributed by atoms with Crippen LogP contribution < -0.4 is 9.80 Å². The first-order chi connectivity index (χ1) is 33.6. The molecule has 350 valence electrons. The molecule has 4 heteroatoms. The Kier molecular flexibility index (Phi) is 11.1. The van der Waals surface area contributed by atoms with Gasteiger partial charge < -0.3 is 18.6 Å². The minimum Gasteiger partial charge on any atom is -0.456 e. The molecular weight excluding hydrogens is 853 g/mol. The summed E-state index contributed by atoms with van der Waals surface area (Å²) in [7, 11) is 0. The lowest BCUT2D eigenvalue weighted by Crippen LogP contribution is -2.15. The molecule has 11 aromatic rings. The fourth-order valence-corrected chi connectivity index (χ4v) is 11.1. The van der Waals surface area contributed by atoms with Gasteiger partial charge in [0.2, 0.25) is 0 Å². The third-order valence-corrected chi connectivity index (χ3v) is 15.0. The van der Waals surface area contributed by atoms with Crippen molar-refractivity contribution < 1.29 is 8.83 Å². The summed E-state index contributed by atoms with van der Waals surface area (Å²) in [6, 6.07) is 54.4. The molecule has 0 amide bonds. The number of hydrogen-bond donors (Lipinski definition) is 0. The monoisotopic (exact) mass is 916 g/mol. The predicted octanol–water partition coefficient (Wildman–Crippen LogP) is 20.5. The molecule has 2 heterocycles. The first-order valence-electron chi connectivity index (χ1n) is 25.3. The highest BCUT2D eigenvalue weighted by Crippen LogP contribution is 2.48. The number of aryl methyl sites for hydroxylation is 4. The predicted molar refractivity (Wildman–Crippen MR) is 301 cm³/mol. The van der Waals surface area contributed by atoms with Gasteiger partial charge in [-0.3, -0.25) is 0 Å². The average molecular weight is 917 g/mol. The quantitative estimate of drug-likeness (QED) is 0.137. The van der Waals surface area contributed by atoms with Crippen LogP contribution in [0.3, 0.4) is 0 Å². The molecule has 0 aliphatic rings. The Morgan fingerprint density at radius 2 is 0.814 bits per heavy atom. The van der Waals surface area contributed by atoms with Crippen molar-refractivity contribution >= 4 is 99.5 Å². The Labute approximate surface area is 413 Å². The van der Waals surface area contributed by atoms with Crippen LogP contribution >= 0.6 is 0 Å². The standard InChI is InChI=1S/C66H64N2O2/c1-37(2)45-21-26-58(54(31-45)39(5)6)67(64-41(9)15-13-16-42(64)10)51-23-19-47-33-56-53-25-28-60-63(66(53)70-61(56)35-49(47)29-51)57-34-48-20-24-52(30-50(48)36-62(57)69-60)68(65-43(11)17-14-18-44(65)12)59-27-22-46(38(3)4)32-55(59)40(7)8/h13-40H,1-12H3. The molecule has 0 fully saturated rings. The van der Waals surface area contributed by atoms with E-state index in [1.807, 2.05) is 0 Å². The molecule has 0 N–H and O–H groups in total. The summed E-state index contributed by atoms with van der Waals surface area (Å²) in [6.45, 7) is 27.2. The fourth-order valence-electron chi connectivity index (χ4n) is 11.1. The number of nitrogens with zero attached hydrogens (tertiary/aromatic N) is 2. The van der Waals surface area contributed by atoms with Crippen LogP contribution in [-0.2, 0) is 0 Å². The van der Waals surface area contributed by atoms with E-state index in [-0.39, 0.29) is 0 Å². The van der Waals surface area contributed by atoms with Gasteiger partial charge in [0.05, 0.1) is 16.8 Å². The minimum atomic E-state index is 0.344. The number of anilines is 6. The molecular formula is C66H64N2O2. The van der Waals surface area contributed by atoms with Gasteiger partial charge in [0, 0.05) is 38.9 Å². The van der Waals surface area contributed by atoms with Crippen LogP contribution in [0.2, 0.25) is 0 Å². The van der Waals surface area contributed by atoms with Crippen molar-refractivity contribution in [2.24, 2.45) is 0 Å². The van der Waals surface area contributed by atoms with Crippen molar-refractivity contribution in [2.45, 2.75) is 107 Å². The lowest BCUT2D eigenvalue weighted by atomic mass is 9.92. The third-order valence-electron chi connectivity index (χ3n) is 15.0. The summed E-state index contributed by atoms with van der Waals surface area (Å²) in [5, 5.41) is 8.83. The summed E-state index contributed by atoms with van der Waals surface area (Å²) < 4.78 is 13.7. The van der Waals surface area contributed by atoms with Gasteiger partial charge in [0.1, 0.15) is 22.3 Å². The molecule has 0 unspecified atom stereocenters. The van der Waals surface area contributed by atoms with Crippen molar-refractivity contribution in [3.8, 4) is 0 Å². The average Bonchev–Trinajstić information content (AvgIpc) is 3.88. The number of hydrogen-bond acceptors (Lipinski definition) is 4. The largest absolute Gasteiger partial charge is 0.456 e. The molecule has 11 rings (SSSR count). The van der Waals surface area contributed by atoms with Crippen molar-refractivity contribution in [2.75, 3.05) is 9.80 Å². The van der Waals surface area contributed by atoms with Gasteiger partial charge in [0.15, 0.2) is 0 Å². The fraction of sp³-hybridized carbons (Fsp3) is 0.242. The second-order valence-corrected chi connectivity index (χ2v) is 21.2. The zero-order valence-electron chi connectivity index (χ0n) is 42.9. The van der Waals surface area contributed by atoms with Crippen LogP contribution in [0, 0.1) is 27.7 Å². The summed E-state index contributed by atoms with van der Waals surface area (Å²) in [5.41, 5.74) is 20.9. The summed E-state index contributed by atoms with van der Waals surface area (Å²) in [6.07, 6.45) is 0. The number of furan rings is 2. The number of benzene rings is 9. The normalized spacial score (nSPS) is 12.2. The summed E-state index contributed by atoms with van der Waals surface area (Å²) in [5.74, 6) is 1.58. The highest BCUT2D eigenvalue weighted by molar-refractivity contribution is 6.24. The first kappa shape index (κ1) is 45.2. The number of fused-ring (bicyclic) bond motifs is 9. The molecule has 70 heavy (non-hydrogen) atoms. The smallest absolute Gasteiger partial charge is 0.147 e. The van der Waals surface area contributed by atoms with Crippen LogP contribution in [0.5, 0.6) is 0 Å². The van der Waals surface area contributed by atoms with Crippen LogP contribution in [-0.4, -0.2) is 0 Å². The maximum Gasteiger partial charge on any atom is 0.147 e. The van der Waals surface area contributed by atoms with E-state index in [4.69, 9.17) is 8.83 Å². The van der Waals surface area contributed by atoms with Crippen molar-refractivity contribution in [3.05, 3.63) is 190 Å². The molecule has 0 saturated carbocycles. The Morgan fingerprint density at radius 1 is 0.357 bits per heavy atom.